The van der Waals surface area contributed by atoms with Gasteiger partial charge in [0, 0.05) is 11.5 Å². The summed E-state index contributed by atoms with van der Waals surface area (Å²) in [6.45, 7) is 0.736. The number of fused-ring (bicyclic) bond motifs is 1. The third kappa shape index (κ3) is 2.96. The van der Waals surface area contributed by atoms with Crippen LogP contribution in [0.25, 0.3) is 11.0 Å². The third-order valence-corrected chi connectivity index (χ3v) is 7.24. The molecule has 0 amide bonds. The molecule has 1 heterocycles. The van der Waals surface area contributed by atoms with Crippen LogP contribution < -0.4 is 9.46 Å². The molecule has 0 saturated heterocycles. The number of anilines is 1. The van der Waals surface area contributed by atoms with E-state index in [1.54, 1.807) is 18.4 Å². The minimum atomic E-state index is -1.22. The fourth-order valence-electron chi connectivity index (χ4n) is 5.96. The van der Waals surface area contributed by atoms with Gasteiger partial charge in [-0.1, -0.05) is 16.8 Å². The van der Waals surface area contributed by atoms with Gasteiger partial charge in [0.05, 0.1) is 28.4 Å². The van der Waals surface area contributed by atoms with Crippen molar-refractivity contribution >= 4 is 39.7 Å². The van der Waals surface area contributed by atoms with Crippen molar-refractivity contribution in [1.82, 2.24) is 5.16 Å². The smallest absolute Gasteiger partial charge is 0.220 e. The second kappa shape index (κ2) is 6.21. The highest BCUT2D eigenvalue weighted by atomic mass is 35.5. The fraction of sp³-hybridized carbons (Fsp3) is 0.632. The number of nitrogens with one attached hydrogen (secondary N) is 1. The van der Waals surface area contributed by atoms with Crippen LogP contribution in [0, 0.1) is 23.2 Å². The lowest BCUT2D eigenvalue weighted by atomic mass is 9.50. The first kappa shape index (κ1) is 17.0. The van der Waals surface area contributed by atoms with Gasteiger partial charge in [-0.25, -0.2) is 0 Å². The van der Waals surface area contributed by atoms with Crippen molar-refractivity contribution in [3.8, 4) is 5.75 Å². The summed E-state index contributed by atoms with van der Waals surface area (Å²) in [4.78, 5) is 0. The number of ether oxygens (including phenoxy) is 1. The first-order valence-electron chi connectivity index (χ1n) is 9.31. The number of halogens is 1. The van der Waals surface area contributed by atoms with Gasteiger partial charge in [-0.3, -0.25) is 0 Å². The number of benzene rings is 1. The van der Waals surface area contributed by atoms with Crippen LogP contribution in [0.4, 0.5) is 5.82 Å². The Morgan fingerprint density at radius 3 is 2.54 bits per heavy atom. The molecule has 1 unspecified atom stereocenters. The zero-order valence-electron chi connectivity index (χ0n) is 14.8. The summed E-state index contributed by atoms with van der Waals surface area (Å²) in [6.07, 6.45) is 9.74. The van der Waals surface area contributed by atoms with Gasteiger partial charge in [0.1, 0.15) is 12.0 Å². The van der Waals surface area contributed by atoms with E-state index in [0.29, 0.717) is 33.0 Å². The molecule has 1 N–H and O–H groups in total. The molecule has 26 heavy (non-hydrogen) atoms. The van der Waals surface area contributed by atoms with E-state index in [1.165, 1.54) is 38.5 Å². The molecule has 2 aromatic rings. The van der Waals surface area contributed by atoms with E-state index in [-0.39, 0.29) is 0 Å². The minimum absolute atomic E-state index is 0.334. The van der Waals surface area contributed by atoms with Crippen molar-refractivity contribution in [1.29, 1.82) is 0 Å². The Labute approximate surface area is 161 Å². The summed E-state index contributed by atoms with van der Waals surface area (Å²) in [5, 5.41) is 5.19. The predicted octanol–water partition coefficient (Wildman–Crippen LogP) is 4.78. The molecule has 1 aromatic carbocycles. The van der Waals surface area contributed by atoms with Gasteiger partial charge in [0.15, 0.2) is 5.58 Å². The molecule has 4 bridgehead atoms. The maximum atomic E-state index is 11.4. The minimum Gasteiger partial charge on any atom is -0.593 e. The molecule has 6 rings (SSSR count). The summed E-state index contributed by atoms with van der Waals surface area (Å²) < 4.78 is 25.7. The van der Waals surface area contributed by atoms with Crippen molar-refractivity contribution < 1.29 is 13.8 Å². The molecule has 0 aliphatic heterocycles. The Hall–Kier alpha value is -1.11. The van der Waals surface area contributed by atoms with Crippen LogP contribution in [-0.2, 0) is 11.4 Å². The third-order valence-electron chi connectivity index (χ3n) is 6.46. The van der Waals surface area contributed by atoms with Crippen molar-refractivity contribution in [2.45, 2.75) is 38.5 Å². The molecule has 0 spiro atoms. The molecule has 140 valence electrons. The van der Waals surface area contributed by atoms with E-state index in [2.05, 4.69) is 9.88 Å². The zero-order chi connectivity index (χ0) is 17.9. The van der Waals surface area contributed by atoms with Crippen molar-refractivity contribution in [3.63, 3.8) is 0 Å². The largest absolute Gasteiger partial charge is 0.593 e. The topological polar surface area (TPSA) is 70.3 Å². The SMILES string of the molecule is C[S+]([O-])Nc1noc2cc(OCC34CC5CC(CC(C5)C3)C4)c(Cl)cc12. The predicted molar refractivity (Wildman–Crippen MR) is 103 cm³/mol. The average Bonchev–Trinajstić information content (AvgIpc) is 2.93. The Bertz CT molecular complexity index is 802. The van der Waals surface area contributed by atoms with E-state index in [0.717, 1.165) is 24.4 Å². The quantitative estimate of drug-likeness (QED) is 0.739. The molecule has 4 aliphatic carbocycles. The lowest BCUT2D eigenvalue weighted by Gasteiger charge is -2.56. The molecule has 1 aromatic heterocycles. The molecule has 4 saturated carbocycles. The van der Waals surface area contributed by atoms with Gasteiger partial charge < -0.3 is 13.8 Å². The van der Waals surface area contributed by atoms with Gasteiger partial charge in [-0.05, 0) is 62.3 Å². The number of rotatable bonds is 5. The summed E-state index contributed by atoms with van der Waals surface area (Å²) in [5.41, 5.74) is 0.920. The Balaban J connectivity index is 1.36. The first-order valence-corrected chi connectivity index (χ1v) is 11.3. The number of aromatic nitrogens is 1. The highest BCUT2D eigenvalue weighted by Gasteiger charge is 2.51. The molecule has 1 atom stereocenters. The second-order valence-electron chi connectivity index (χ2n) is 8.57. The molecule has 7 heteroatoms. The van der Waals surface area contributed by atoms with Gasteiger partial charge in [-0.2, -0.15) is 4.72 Å². The highest BCUT2D eigenvalue weighted by Crippen LogP contribution is 2.60. The standard InChI is InChI=1S/C19H23ClN2O3S/c1-26(23)22-18-14-5-15(20)17(6-16(14)25-21-18)24-10-19-7-11-2-12(8-19)4-13(3-11)9-19/h5-6,11-13H,2-4,7-10H2,1H3,(H,21,22). The van der Waals surface area contributed by atoms with Crippen LogP contribution in [0.5, 0.6) is 5.75 Å². The Morgan fingerprint density at radius 2 is 1.92 bits per heavy atom. The average molecular weight is 395 g/mol. The van der Waals surface area contributed by atoms with Crippen molar-refractivity contribution in [2.75, 3.05) is 17.6 Å². The summed E-state index contributed by atoms with van der Waals surface area (Å²) in [6, 6.07) is 3.58. The number of hydrogen-bond acceptors (Lipinski definition) is 5. The molecule has 0 radical (unpaired) electrons. The van der Waals surface area contributed by atoms with Gasteiger partial charge >= 0.3 is 0 Å². The second-order valence-corrected chi connectivity index (χ2v) is 10.1. The lowest BCUT2D eigenvalue weighted by molar-refractivity contribution is -0.0745. The Morgan fingerprint density at radius 1 is 1.27 bits per heavy atom. The molecular weight excluding hydrogens is 372 g/mol. The molecule has 4 aliphatic rings. The lowest BCUT2D eigenvalue weighted by Crippen LogP contribution is -2.48. The number of hydrogen-bond donors (Lipinski definition) is 1. The van der Waals surface area contributed by atoms with Gasteiger partial charge in [0.25, 0.3) is 0 Å². The molecule has 4 fully saturated rings. The maximum absolute atomic E-state index is 11.4. The zero-order valence-corrected chi connectivity index (χ0v) is 16.4. The monoisotopic (exact) mass is 394 g/mol. The van der Waals surface area contributed by atoms with Crippen LogP contribution in [0.1, 0.15) is 38.5 Å². The summed E-state index contributed by atoms with van der Waals surface area (Å²) >= 11 is 5.24. The van der Waals surface area contributed by atoms with Crippen LogP contribution in [0.2, 0.25) is 5.02 Å². The van der Waals surface area contributed by atoms with E-state index >= 15 is 0 Å². The van der Waals surface area contributed by atoms with Crippen LogP contribution >= 0.6 is 11.6 Å². The molecular formula is C19H23ClN2O3S. The van der Waals surface area contributed by atoms with Gasteiger partial charge in [0.2, 0.25) is 5.82 Å². The van der Waals surface area contributed by atoms with Crippen LogP contribution in [-0.4, -0.2) is 22.6 Å². The normalized spacial score (nSPS) is 33.6. The number of nitrogens with zero attached hydrogens (tertiary/aromatic N) is 1. The highest BCUT2D eigenvalue weighted by molar-refractivity contribution is 7.92. The molecule has 5 nitrogen and oxygen atoms in total. The van der Waals surface area contributed by atoms with Crippen molar-refractivity contribution in [3.05, 3.63) is 17.2 Å². The van der Waals surface area contributed by atoms with E-state index < -0.39 is 11.4 Å². The van der Waals surface area contributed by atoms with E-state index in [1.807, 2.05) is 0 Å². The van der Waals surface area contributed by atoms with Crippen LogP contribution in [0.3, 0.4) is 0 Å². The Kier molecular flexibility index (Phi) is 4.07. The van der Waals surface area contributed by atoms with E-state index in [9.17, 15) is 4.55 Å². The van der Waals surface area contributed by atoms with Gasteiger partial charge in [-0.15, -0.1) is 0 Å². The maximum Gasteiger partial charge on any atom is 0.220 e. The summed E-state index contributed by atoms with van der Waals surface area (Å²) in [5.74, 6) is 3.80. The van der Waals surface area contributed by atoms with E-state index in [4.69, 9.17) is 20.9 Å². The summed E-state index contributed by atoms with van der Waals surface area (Å²) in [7, 11) is 0. The van der Waals surface area contributed by atoms with Crippen LogP contribution in [0.15, 0.2) is 16.7 Å². The fourth-order valence-corrected chi connectivity index (χ4v) is 6.60. The van der Waals surface area contributed by atoms with Crippen molar-refractivity contribution in [2.24, 2.45) is 23.2 Å². The first-order chi connectivity index (χ1) is 12.5.